The number of nitrogens with zero attached hydrogens (tertiary/aromatic N) is 1. The molecule has 0 radical (unpaired) electrons. The molecule has 0 aromatic carbocycles. The fraction of sp³-hybridized carbons (Fsp3) is 1.00. The van der Waals surface area contributed by atoms with Crippen molar-refractivity contribution in [2.75, 3.05) is 27.7 Å². The minimum atomic E-state index is -0.157. The molecule has 3 nitrogen and oxygen atoms in total. The van der Waals surface area contributed by atoms with Gasteiger partial charge in [0.1, 0.15) is 6.61 Å². The van der Waals surface area contributed by atoms with Gasteiger partial charge in [-0.25, -0.2) is 0 Å². The molecule has 1 atom stereocenters. The van der Waals surface area contributed by atoms with E-state index in [0.29, 0.717) is 4.48 Å². The predicted molar refractivity (Wildman–Crippen MR) is 33.1 cm³/mol. The molecule has 0 aliphatic carbocycles. The topological polar surface area (TPSA) is 46.2 Å². The number of aliphatic hydroxyl groups is 1. The van der Waals surface area contributed by atoms with Gasteiger partial charge in [0.05, 0.1) is 21.1 Å². The van der Waals surface area contributed by atoms with Crippen molar-refractivity contribution in [1.29, 1.82) is 0 Å². The summed E-state index contributed by atoms with van der Waals surface area (Å²) >= 11 is 0. The molecule has 8 heavy (non-hydrogen) atoms. The largest absolute Gasteiger partial charge is 0.389 e. The highest BCUT2D eigenvalue weighted by atomic mass is 16.3. The van der Waals surface area contributed by atoms with E-state index in [0.717, 1.165) is 0 Å². The van der Waals surface area contributed by atoms with Crippen molar-refractivity contribution in [3.8, 4) is 0 Å². The first-order chi connectivity index (χ1) is 3.48. The van der Waals surface area contributed by atoms with E-state index in [1.165, 1.54) is 0 Å². The Labute approximate surface area is 50.3 Å². The number of nitrogens with two attached hydrogens (primary N) is 1. The number of aliphatic hydroxyl groups excluding tert-OH is 1. The summed E-state index contributed by atoms with van der Waals surface area (Å²) in [5.74, 6) is 0. The van der Waals surface area contributed by atoms with Crippen LogP contribution in [0.5, 0.6) is 0 Å². The molecule has 0 rings (SSSR count). The molecule has 0 bridgehead atoms. The molecule has 0 aromatic heterocycles. The second-order valence-electron chi connectivity index (χ2n) is 2.87. The normalized spacial score (nSPS) is 16.1. The molecule has 3 N–H and O–H groups in total. The Bertz CT molecular complexity index is 67.3. The molecular formula is C5H15N2O+. The Morgan fingerprint density at radius 2 is 1.88 bits per heavy atom. The number of quaternary nitrogens is 1. The zero-order valence-corrected chi connectivity index (χ0v) is 5.76. The van der Waals surface area contributed by atoms with E-state index in [-0.39, 0.29) is 12.8 Å². The van der Waals surface area contributed by atoms with Gasteiger partial charge in [-0.2, -0.15) is 0 Å². The fourth-order valence-electron chi connectivity index (χ4n) is 0.245. The Morgan fingerprint density at radius 1 is 1.50 bits per heavy atom. The van der Waals surface area contributed by atoms with E-state index in [1.807, 2.05) is 21.1 Å². The Kier molecular flexibility index (Phi) is 2.40. The molecule has 0 spiro atoms. The molecule has 0 saturated heterocycles. The van der Waals surface area contributed by atoms with Crippen LogP contribution in [0.3, 0.4) is 0 Å². The monoisotopic (exact) mass is 119 g/mol. The summed E-state index contributed by atoms with van der Waals surface area (Å²) in [6.45, 7) is 0.0451. The van der Waals surface area contributed by atoms with Gasteiger partial charge in [0.2, 0.25) is 0 Å². The van der Waals surface area contributed by atoms with Gasteiger partial charge in [-0.1, -0.05) is 0 Å². The first kappa shape index (κ1) is 7.88. The molecule has 3 heteroatoms. The maximum atomic E-state index is 8.53. The van der Waals surface area contributed by atoms with Crippen molar-refractivity contribution in [3.63, 3.8) is 0 Å². The number of hydrogen-bond donors (Lipinski definition) is 2. The summed E-state index contributed by atoms with van der Waals surface area (Å²) in [5.41, 5.74) is 5.47. The van der Waals surface area contributed by atoms with Crippen LogP contribution in [0, 0.1) is 0 Å². The molecule has 0 fully saturated rings. The van der Waals surface area contributed by atoms with Crippen molar-refractivity contribution in [3.05, 3.63) is 0 Å². The molecule has 0 aliphatic heterocycles. The first-order valence-corrected chi connectivity index (χ1v) is 2.66. The van der Waals surface area contributed by atoms with Crippen molar-refractivity contribution in [2.45, 2.75) is 6.17 Å². The lowest BCUT2D eigenvalue weighted by Crippen LogP contribution is -2.52. The van der Waals surface area contributed by atoms with Gasteiger partial charge in [0, 0.05) is 0 Å². The van der Waals surface area contributed by atoms with Gasteiger partial charge in [-0.15, -0.1) is 0 Å². The van der Waals surface area contributed by atoms with E-state index in [1.54, 1.807) is 0 Å². The van der Waals surface area contributed by atoms with Gasteiger partial charge >= 0.3 is 0 Å². The summed E-state index contributed by atoms with van der Waals surface area (Å²) in [5, 5.41) is 8.53. The van der Waals surface area contributed by atoms with Gasteiger partial charge in [0.15, 0.2) is 6.17 Å². The molecule has 0 amide bonds. The van der Waals surface area contributed by atoms with Gasteiger partial charge in [0.25, 0.3) is 0 Å². The Hall–Kier alpha value is -0.120. The average molecular weight is 119 g/mol. The molecule has 0 heterocycles. The summed E-state index contributed by atoms with van der Waals surface area (Å²) in [6, 6.07) is 0. The van der Waals surface area contributed by atoms with Crippen molar-refractivity contribution >= 4 is 0 Å². The van der Waals surface area contributed by atoms with Crippen molar-refractivity contribution in [1.82, 2.24) is 0 Å². The van der Waals surface area contributed by atoms with E-state index in [2.05, 4.69) is 0 Å². The van der Waals surface area contributed by atoms with Crippen LogP contribution in [0.25, 0.3) is 0 Å². The van der Waals surface area contributed by atoms with Gasteiger partial charge < -0.3 is 9.59 Å². The van der Waals surface area contributed by atoms with Crippen LogP contribution >= 0.6 is 0 Å². The number of hydrogen-bond acceptors (Lipinski definition) is 2. The molecule has 1 unspecified atom stereocenters. The lowest BCUT2D eigenvalue weighted by molar-refractivity contribution is -0.896. The second kappa shape index (κ2) is 2.44. The molecule has 0 aromatic rings. The van der Waals surface area contributed by atoms with Crippen LogP contribution in [-0.2, 0) is 0 Å². The standard InChI is InChI=1S/C5H15N2O/c1-7(2,3)5(6)4-8/h5,8H,4,6H2,1-3H3/q+1. The third-order valence-electron chi connectivity index (χ3n) is 1.18. The van der Waals surface area contributed by atoms with E-state index in [4.69, 9.17) is 10.8 Å². The SMILES string of the molecule is C[N+](C)(C)C(N)CO. The lowest BCUT2D eigenvalue weighted by atomic mass is 10.4. The smallest absolute Gasteiger partial charge is 0.163 e. The van der Waals surface area contributed by atoms with Crippen LogP contribution in [0.15, 0.2) is 0 Å². The maximum Gasteiger partial charge on any atom is 0.163 e. The third-order valence-corrected chi connectivity index (χ3v) is 1.18. The third kappa shape index (κ3) is 2.26. The van der Waals surface area contributed by atoms with Gasteiger partial charge in [-0.05, 0) is 0 Å². The maximum absolute atomic E-state index is 8.53. The van der Waals surface area contributed by atoms with Gasteiger partial charge in [-0.3, -0.25) is 5.73 Å². The van der Waals surface area contributed by atoms with E-state index in [9.17, 15) is 0 Å². The summed E-state index contributed by atoms with van der Waals surface area (Å²) < 4.78 is 0.608. The van der Waals surface area contributed by atoms with E-state index >= 15 is 0 Å². The Balaban J connectivity index is 3.62. The molecule has 50 valence electrons. The zero-order valence-electron chi connectivity index (χ0n) is 5.76. The highest BCUT2D eigenvalue weighted by Crippen LogP contribution is 1.92. The number of rotatable bonds is 2. The molecule has 0 aliphatic rings. The fourth-order valence-corrected chi connectivity index (χ4v) is 0.245. The molecule has 0 saturated carbocycles. The molecular weight excluding hydrogens is 104 g/mol. The lowest BCUT2D eigenvalue weighted by Gasteiger charge is -2.29. The Morgan fingerprint density at radius 3 is 1.88 bits per heavy atom. The average Bonchev–Trinajstić information content (AvgIpc) is 1.62. The quantitative estimate of drug-likeness (QED) is 0.360. The minimum absolute atomic E-state index is 0.0451. The zero-order chi connectivity index (χ0) is 6.78. The summed E-state index contributed by atoms with van der Waals surface area (Å²) in [4.78, 5) is 0. The van der Waals surface area contributed by atoms with Crippen LogP contribution in [-0.4, -0.2) is 43.5 Å². The van der Waals surface area contributed by atoms with E-state index < -0.39 is 0 Å². The summed E-state index contributed by atoms with van der Waals surface area (Å²) in [7, 11) is 5.84. The van der Waals surface area contributed by atoms with Crippen LogP contribution in [0.2, 0.25) is 0 Å². The van der Waals surface area contributed by atoms with Crippen LogP contribution in [0.4, 0.5) is 0 Å². The number of likely N-dealkylation sites (N-methyl/N-ethyl adjacent to an activating group) is 1. The highest BCUT2D eigenvalue weighted by molar-refractivity contribution is 4.39. The van der Waals surface area contributed by atoms with Crippen molar-refractivity contribution in [2.24, 2.45) is 5.73 Å². The van der Waals surface area contributed by atoms with Crippen LogP contribution in [0.1, 0.15) is 0 Å². The second-order valence-corrected chi connectivity index (χ2v) is 2.87. The highest BCUT2D eigenvalue weighted by Gasteiger charge is 2.16. The van der Waals surface area contributed by atoms with Crippen LogP contribution < -0.4 is 5.73 Å². The summed E-state index contributed by atoms with van der Waals surface area (Å²) in [6.07, 6.45) is -0.157. The first-order valence-electron chi connectivity index (χ1n) is 2.66. The van der Waals surface area contributed by atoms with Crippen molar-refractivity contribution < 1.29 is 9.59 Å². The predicted octanol–water partition coefficient (Wildman–Crippen LogP) is -1.03. The minimum Gasteiger partial charge on any atom is -0.389 e.